The molecule has 0 N–H and O–H groups in total. The summed E-state index contributed by atoms with van der Waals surface area (Å²) in [6, 6.07) is 0. The Bertz CT molecular complexity index is 716. The van der Waals surface area contributed by atoms with Crippen LogP contribution in [0.2, 0.25) is 0 Å². The van der Waals surface area contributed by atoms with Crippen molar-refractivity contribution in [3.8, 4) is 0 Å². The Hall–Kier alpha value is -1.22. The Balaban J connectivity index is 4.17. The highest BCUT2D eigenvalue weighted by molar-refractivity contribution is 6.28. The second kappa shape index (κ2) is 9.44. The number of hydrogen-bond donors (Lipinski definition) is 0. The first-order valence-corrected chi connectivity index (χ1v) is 9.16. The summed E-state index contributed by atoms with van der Waals surface area (Å²) >= 11 is 5.10. The minimum Gasteiger partial charge on any atom is -0.483 e. The smallest absolute Gasteiger partial charge is 0.434 e. The van der Waals surface area contributed by atoms with Crippen LogP contribution in [-0.2, 0) is 4.74 Å². The fourth-order valence-corrected chi connectivity index (χ4v) is 3.51. The summed E-state index contributed by atoms with van der Waals surface area (Å²) in [5, 5.41) is -2.06. The second-order valence-electron chi connectivity index (χ2n) is 7.04. The highest BCUT2D eigenvalue weighted by Gasteiger charge is 2.92. The van der Waals surface area contributed by atoms with Gasteiger partial charge < -0.3 is 4.74 Å². The van der Waals surface area contributed by atoms with Crippen molar-refractivity contribution in [1.82, 2.24) is 0 Å². The highest BCUT2D eigenvalue weighted by atomic mass is 35.5. The molecular weight excluding hydrogens is 529 g/mol. The zero-order chi connectivity index (χ0) is 26.3. The van der Waals surface area contributed by atoms with Gasteiger partial charge in [0.15, 0.2) is 5.22 Å². The summed E-state index contributed by atoms with van der Waals surface area (Å²) in [5.74, 6) is -19.8. The Kier molecular flexibility index (Phi) is 8.53. The van der Waals surface area contributed by atoms with Gasteiger partial charge in [-0.15, -0.1) is 0 Å². The minimum absolute atomic E-state index is 0.476. The van der Waals surface area contributed by atoms with Crippen molar-refractivity contribution >= 4 is 11.6 Å². The van der Waals surface area contributed by atoms with Crippen LogP contribution in [0.15, 0.2) is 10.8 Å². The predicted octanol–water partition coefficient (Wildman–Crippen LogP) is 7.69. The molecule has 17 heteroatoms. The van der Waals surface area contributed by atoms with E-state index in [4.69, 9.17) is 11.6 Å². The molecule has 1 nitrogen and oxygen atoms in total. The maximum absolute atomic E-state index is 15.0. The molecule has 0 fully saturated rings. The number of rotatable bonds is 2. The van der Waals surface area contributed by atoms with Crippen LogP contribution in [0.3, 0.4) is 0 Å². The summed E-state index contributed by atoms with van der Waals surface area (Å²) in [4.78, 5) is 0. The van der Waals surface area contributed by atoms with Gasteiger partial charge in [-0.25, -0.2) is 30.7 Å². The standard InChI is InChI=1S/C16H14ClF15O/c17-9-7(6-18)11(21,10(19)20)15(28,29)14(27,16(30,31)32)12(22,23)8(13(24,25)26)4-2-1-3-5-33-9/h8,10H,1-6H2. The van der Waals surface area contributed by atoms with Crippen LogP contribution in [0.5, 0.6) is 0 Å². The second-order valence-corrected chi connectivity index (χ2v) is 7.39. The van der Waals surface area contributed by atoms with Gasteiger partial charge in [0.05, 0.1) is 12.2 Å². The molecule has 0 amide bonds. The predicted molar refractivity (Wildman–Crippen MR) is 82.5 cm³/mol. The average molecular weight is 543 g/mol. The molecule has 0 radical (unpaired) electrons. The molecule has 1 heterocycles. The summed E-state index contributed by atoms with van der Waals surface area (Å²) in [6.07, 6.45) is -24.0. The molecule has 0 aromatic heterocycles. The molecule has 1 aliphatic rings. The third-order valence-corrected chi connectivity index (χ3v) is 5.39. The van der Waals surface area contributed by atoms with E-state index in [-0.39, 0.29) is 0 Å². The van der Waals surface area contributed by atoms with Crippen molar-refractivity contribution in [2.75, 3.05) is 13.3 Å². The lowest BCUT2D eigenvalue weighted by Crippen LogP contribution is -2.76. The van der Waals surface area contributed by atoms with Crippen molar-refractivity contribution in [2.24, 2.45) is 5.92 Å². The summed E-state index contributed by atoms with van der Waals surface area (Å²) in [5.41, 5.74) is -17.4. The van der Waals surface area contributed by atoms with Crippen molar-refractivity contribution in [3.63, 3.8) is 0 Å². The van der Waals surface area contributed by atoms with E-state index in [0.717, 1.165) is 0 Å². The lowest BCUT2D eigenvalue weighted by molar-refractivity contribution is -0.413. The Morgan fingerprint density at radius 3 is 1.82 bits per heavy atom. The molecule has 0 bridgehead atoms. The minimum atomic E-state index is -7.90. The van der Waals surface area contributed by atoms with Crippen LogP contribution in [0, 0.1) is 5.92 Å². The van der Waals surface area contributed by atoms with Crippen molar-refractivity contribution < 1.29 is 70.6 Å². The van der Waals surface area contributed by atoms with Gasteiger partial charge in [0, 0.05) is 0 Å². The molecule has 1 aliphatic heterocycles. The van der Waals surface area contributed by atoms with E-state index in [0.29, 0.717) is 0 Å². The Morgan fingerprint density at radius 1 is 0.909 bits per heavy atom. The van der Waals surface area contributed by atoms with Gasteiger partial charge in [-0.2, -0.15) is 35.1 Å². The molecule has 0 spiro atoms. The third kappa shape index (κ3) is 4.68. The Morgan fingerprint density at radius 2 is 1.42 bits per heavy atom. The Labute approximate surface area is 180 Å². The summed E-state index contributed by atoms with van der Waals surface area (Å²) in [7, 11) is 0. The molecule has 196 valence electrons. The van der Waals surface area contributed by atoms with Gasteiger partial charge in [0.1, 0.15) is 12.6 Å². The van der Waals surface area contributed by atoms with E-state index < -0.39 is 97.6 Å². The largest absolute Gasteiger partial charge is 0.483 e. The molecule has 3 unspecified atom stereocenters. The van der Waals surface area contributed by atoms with Crippen molar-refractivity contribution in [2.45, 2.75) is 67.6 Å². The molecular formula is C16H14ClF15O. The third-order valence-electron chi connectivity index (χ3n) is 5.05. The zero-order valence-corrected chi connectivity index (χ0v) is 16.6. The van der Waals surface area contributed by atoms with Gasteiger partial charge in [-0.1, -0.05) is 12.8 Å². The number of ether oxygens (including phenoxy) is 1. The molecule has 0 saturated heterocycles. The lowest BCUT2D eigenvalue weighted by atomic mass is 9.72. The SMILES string of the molecule is FCC1=C(Cl)OCCCCCC(C(F)(F)F)C(F)(F)C(F)(C(F)(F)F)C(F)(F)C1(F)C(F)F. The number of alkyl halides is 15. The molecule has 0 aliphatic carbocycles. The van der Waals surface area contributed by atoms with Gasteiger partial charge >= 0.3 is 29.9 Å². The maximum atomic E-state index is 15.0. The van der Waals surface area contributed by atoms with Crippen LogP contribution in [0.25, 0.3) is 0 Å². The summed E-state index contributed by atoms with van der Waals surface area (Å²) in [6.45, 7) is -3.81. The summed E-state index contributed by atoms with van der Waals surface area (Å²) < 4.78 is 212. The van der Waals surface area contributed by atoms with E-state index in [1.54, 1.807) is 0 Å². The van der Waals surface area contributed by atoms with Crippen molar-refractivity contribution in [1.29, 1.82) is 0 Å². The van der Waals surface area contributed by atoms with E-state index >= 15 is 0 Å². The van der Waals surface area contributed by atoms with Crippen LogP contribution in [-0.4, -0.2) is 55.2 Å². The van der Waals surface area contributed by atoms with Crippen LogP contribution < -0.4 is 0 Å². The lowest BCUT2D eigenvalue weighted by Gasteiger charge is -2.47. The monoisotopic (exact) mass is 542 g/mol. The van der Waals surface area contributed by atoms with Crippen molar-refractivity contribution in [3.05, 3.63) is 10.8 Å². The first kappa shape index (κ1) is 29.8. The molecule has 0 aromatic rings. The fraction of sp³-hybridized carbons (Fsp3) is 0.875. The average Bonchev–Trinajstić information content (AvgIpc) is 2.63. The first-order valence-electron chi connectivity index (χ1n) is 8.78. The van der Waals surface area contributed by atoms with E-state index in [9.17, 15) is 65.9 Å². The topological polar surface area (TPSA) is 9.23 Å². The first-order chi connectivity index (χ1) is 14.7. The van der Waals surface area contributed by atoms with Gasteiger partial charge in [-0.3, -0.25) is 0 Å². The normalized spacial score (nSPS) is 32.6. The molecule has 1 rings (SSSR count). The van der Waals surface area contributed by atoms with Gasteiger partial charge in [0.25, 0.3) is 12.1 Å². The number of allylic oxidation sites excluding steroid dienone is 1. The van der Waals surface area contributed by atoms with E-state index in [1.165, 1.54) is 0 Å². The number of hydrogen-bond acceptors (Lipinski definition) is 1. The molecule has 0 aromatic carbocycles. The van der Waals surface area contributed by atoms with Crippen LogP contribution >= 0.6 is 11.6 Å². The van der Waals surface area contributed by atoms with E-state index in [2.05, 4.69) is 4.74 Å². The highest BCUT2D eigenvalue weighted by Crippen LogP contribution is 2.64. The molecule has 3 atom stereocenters. The van der Waals surface area contributed by atoms with Crippen LogP contribution in [0.1, 0.15) is 25.7 Å². The maximum Gasteiger partial charge on any atom is 0.434 e. The fourth-order valence-electron chi connectivity index (χ4n) is 3.24. The van der Waals surface area contributed by atoms with E-state index in [1.807, 2.05) is 0 Å². The molecule has 33 heavy (non-hydrogen) atoms. The van der Waals surface area contributed by atoms with Crippen LogP contribution in [0.4, 0.5) is 65.9 Å². The molecule has 0 saturated carbocycles. The van der Waals surface area contributed by atoms with Gasteiger partial charge in [-0.05, 0) is 24.4 Å². The quantitative estimate of drug-likeness (QED) is 0.325. The number of halogens is 16. The van der Waals surface area contributed by atoms with Gasteiger partial charge in [0.2, 0.25) is 0 Å². The zero-order valence-electron chi connectivity index (χ0n) is 15.9.